The zero-order chi connectivity index (χ0) is 15.4. The molecule has 2 rings (SSSR count). The van der Waals surface area contributed by atoms with Crippen molar-refractivity contribution in [2.75, 3.05) is 19.0 Å². The molecule has 110 valence electrons. The van der Waals surface area contributed by atoms with Crippen molar-refractivity contribution in [3.8, 4) is 0 Å². The minimum absolute atomic E-state index is 0.124. The van der Waals surface area contributed by atoms with Crippen LogP contribution in [0.25, 0.3) is 0 Å². The van der Waals surface area contributed by atoms with Gasteiger partial charge in [-0.2, -0.15) is 0 Å². The molecule has 0 saturated heterocycles. The van der Waals surface area contributed by atoms with Gasteiger partial charge < -0.3 is 10.2 Å². The second kappa shape index (κ2) is 6.25. The smallest absolute Gasteiger partial charge is 0.254 e. The molecule has 0 bridgehead atoms. The molecule has 7 heteroatoms. The molecule has 0 aliphatic rings. The van der Waals surface area contributed by atoms with Gasteiger partial charge in [0.15, 0.2) is 0 Å². The van der Waals surface area contributed by atoms with Crippen LogP contribution in [0.1, 0.15) is 16.1 Å². The fourth-order valence-corrected chi connectivity index (χ4v) is 1.64. The molecule has 21 heavy (non-hydrogen) atoms. The maximum Gasteiger partial charge on any atom is 0.254 e. The highest BCUT2D eigenvalue weighted by Gasteiger charge is 2.12. The van der Waals surface area contributed by atoms with Crippen molar-refractivity contribution in [3.05, 3.63) is 53.4 Å². The van der Waals surface area contributed by atoms with Gasteiger partial charge in [0.1, 0.15) is 11.6 Å². The molecule has 1 amide bonds. The maximum absolute atomic E-state index is 13.5. The number of carbonyl (C=O) groups is 1. The predicted octanol–water partition coefficient (Wildman–Crippen LogP) is 1.75. The number of anilines is 1. The lowest BCUT2D eigenvalue weighted by atomic mass is 10.2. The second-order valence-corrected chi connectivity index (χ2v) is 4.55. The highest BCUT2D eigenvalue weighted by molar-refractivity contribution is 5.94. The van der Waals surface area contributed by atoms with E-state index >= 15 is 0 Å². The van der Waals surface area contributed by atoms with Crippen LogP contribution in [0.4, 0.5) is 14.7 Å². The summed E-state index contributed by atoms with van der Waals surface area (Å²) in [5, 5.41) is 2.53. The van der Waals surface area contributed by atoms with Crippen LogP contribution in [-0.4, -0.2) is 30.0 Å². The zero-order valence-corrected chi connectivity index (χ0v) is 11.6. The molecule has 1 aromatic carbocycles. The third-order valence-electron chi connectivity index (χ3n) is 2.71. The Bertz CT molecular complexity index is 661. The number of hydrogen-bond donors (Lipinski definition) is 1. The summed E-state index contributed by atoms with van der Waals surface area (Å²) >= 11 is 0. The number of hydrogen-bond acceptors (Lipinski definition) is 4. The van der Waals surface area contributed by atoms with E-state index in [1.165, 1.54) is 0 Å². The first-order valence-corrected chi connectivity index (χ1v) is 6.20. The number of benzene rings is 1. The van der Waals surface area contributed by atoms with Crippen LogP contribution >= 0.6 is 0 Å². The lowest BCUT2D eigenvalue weighted by molar-refractivity contribution is 0.0946. The van der Waals surface area contributed by atoms with Crippen LogP contribution < -0.4 is 10.2 Å². The van der Waals surface area contributed by atoms with Crippen LogP contribution in [0.2, 0.25) is 0 Å². The molecular formula is C14H14F2N4O. The Morgan fingerprint density at radius 1 is 1.29 bits per heavy atom. The van der Waals surface area contributed by atoms with E-state index in [1.54, 1.807) is 31.3 Å². The van der Waals surface area contributed by atoms with E-state index in [2.05, 4.69) is 15.3 Å². The number of nitrogens with zero attached hydrogens (tertiary/aromatic N) is 3. The lowest BCUT2D eigenvalue weighted by Gasteiger charge is -2.11. The summed E-state index contributed by atoms with van der Waals surface area (Å²) in [6.07, 6.45) is 1.57. The minimum atomic E-state index is -0.899. The molecule has 0 spiro atoms. The summed E-state index contributed by atoms with van der Waals surface area (Å²) in [4.78, 5) is 21.8. The SMILES string of the molecule is CN(C)c1nccc(CNC(=O)c2ccc(F)cc2F)n1. The molecule has 1 N–H and O–H groups in total. The van der Waals surface area contributed by atoms with Crippen molar-refractivity contribution in [2.24, 2.45) is 0 Å². The monoisotopic (exact) mass is 292 g/mol. The minimum Gasteiger partial charge on any atom is -0.347 e. The molecule has 1 aromatic heterocycles. The van der Waals surface area contributed by atoms with E-state index < -0.39 is 17.5 Å². The predicted molar refractivity (Wildman–Crippen MR) is 73.9 cm³/mol. The van der Waals surface area contributed by atoms with Gasteiger partial charge in [0.2, 0.25) is 5.95 Å². The summed E-state index contributed by atoms with van der Waals surface area (Å²) in [5.74, 6) is -1.74. The van der Waals surface area contributed by atoms with Gasteiger partial charge >= 0.3 is 0 Å². The quantitative estimate of drug-likeness (QED) is 0.932. The molecule has 0 unspecified atom stereocenters. The summed E-state index contributed by atoms with van der Waals surface area (Å²) < 4.78 is 26.3. The van der Waals surface area contributed by atoms with Crippen molar-refractivity contribution >= 4 is 11.9 Å². The molecule has 2 aromatic rings. The van der Waals surface area contributed by atoms with Gasteiger partial charge in [0.25, 0.3) is 5.91 Å². The Hall–Kier alpha value is -2.57. The molecule has 5 nitrogen and oxygen atoms in total. The van der Waals surface area contributed by atoms with E-state index in [4.69, 9.17) is 0 Å². The Labute approximate surface area is 120 Å². The lowest BCUT2D eigenvalue weighted by Crippen LogP contribution is -2.25. The maximum atomic E-state index is 13.5. The van der Waals surface area contributed by atoms with Crippen molar-refractivity contribution in [2.45, 2.75) is 6.54 Å². The molecule has 0 saturated carbocycles. The molecule has 0 aliphatic heterocycles. The van der Waals surface area contributed by atoms with Crippen molar-refractivity contribution in [1.82, 2.24) is 15.3 Å². The van der Waals surface area contributed by atoms with Crippen LogP contribution in [0.5, 0.6) is 0 Å². The average Bonchev–Trinajstić information content (AvgIpc) is 2.45. The number of rotatable bonds is 4. The van der Waals surface area contributed by atoms with E-state index in [9.17, 15) is 13.6 Å². The zero-order valence-electron chi connectivity index (χ0n) is 11.6. The van der Waals surface area contributed by atoms with Crippen LogP contribution in [0.3, 0.4) is 0 Å². The average molecular weight is 292 g/mol. The first-order valence-electron chi connectivity index (χ1n) is 6.20. The van der Waals surface area contributed by atoms with Crippen molar-refractivity contribution < 1.29 is 13.6 Å². The number of carbonyl (C=O) groups excluding carboxylic acids is 1. The molecule has 0 radical (unpaired) electrons. The van der Waals surface area contributed by atoms with E-state index in [0.29, 0.717) is 17.7 Å². The van der Waals surface area contributed by atoms with Crippen LogP contribution in [0, 0.1) is 11.6 Å². The van der Waals surface area contributed by atoms with Gasteiger partial charge in [0, 0.05) is 26.4 Å². The van der Waals surface area contributed by atoms with Gasteiger partial charge in [-0.1, -0.05) is 0 Å². The Balaban J connectivity index is 2.05. The molecule has 0 fully saturated rings. The number of nitrogens with one attached hydrogen (secondary N) is 1. The van der Waals surface area contributed by atoms with Crippen LogP contribution in [-0.2, 0) is 6.54 Å². The summed E-state index contributed by atoms with van der Waals surface area (Å²) in [7, 11) is 3.59. The molecular weight excluding hydrogens is 278 g/mol. The number of amides is 1. The van der Waals surface area contributed by atoms with Gasteiger partial charge in [-0.3, -0.25) is 4.79 Å². The van der Waals surface area contributed by atoms with Crippen LogP contribution in [0.15, 0.2) is 30.5 Å². The van der Waals surface area contributed by atoms with Gasteiger partial charge in [-0.25, -0.2) is 18.7 Å². The van der Waals surface area contributed by atoms with Gasteiger partial charge in [-0.15, -0.1) is 0 Å². The highest BCUT2D eigenvalue weighted by atomic mass is 19.1. The highest BCUT2D eigenvalue weighted by Crippen LogP contribution is 2.10. The number of aromatic nitrogens is 2. The first-order chi connectivity index (χ1) is 9.97. The standard InChI is InChI=1S/C14H14F2N4O/c1-20(2)14-17-6-5-10(19-14)8-18-13(21)11-4-3-9(15)7-12(11)16/h3-7H,8H2,1-2H3,(H,18,21). The Kier molecular flexibility index (Phi) is 4.42. The van der Waals surface area contributed by atoms with Crippen molar-refractivity contribution in [3.63, 3.8) is 0 Å². The van der Waals surface area contributed by atoms with E-state index in [-0.39, 0.29) is 12.1 Å². The summed E-state index contributed by atoms with van der Waals surface area (Å²) in [6, 6.07) is 4.45. The number of halogens is 2. The third-order valence-corrected chi connectivity index (χ3v) is 2.71. The normalized spacial score (nSPS) is 10.3. The molecule has 0 atom stereocenters. The third kappa shape index (κ3) is 3.71. The van der Waals surface area contributed by atoms with E-state index in [1.807, 2.05) is 0 Å². The Morgan fingerprint density at radius 2 is 2.05 bits per heavy atom. The van der Waals surface area contributed by atoms with Gasteiger partial charge in [-0.05, 0) is 18.2 Å². The molecule has 1 heterocycles. The molecule has 0 aliphatic carbocycles. The summed E-state index contributed by atoms with van der Waals surface area (Å²) in [6.45, 7) is 0.124. The summed E-state index contributed by atoms with van der Waals surface area (Å²) in [5.41, 5.74) is 0.378. The van der Waals surface area contributed by atoms with Crippen molar-refractivity contribution in [1.29, 1.82) is 0 Å². The Morgan fingerprint density at radius 3 is 2.71 bits per heavy atom. The fraction of sp³-hybridized carbons (Fsp3) is 0.214. The fourth-order valence-electron chi connectivity index (χ4n) is 1.64. The largest absolute Gasteiger partial charge is 0.347 e. The first kappa shape index (κ1) is 14.8. The topological polar surface area (TPSA) is 58.1 Å². The van der Waals surface area contributed by atoms with Gasteiger partial charge in [0.05, 0.1) is 17.8 Å². The second-order valence-electron chi connectivity index (χ2n) is 4.55. The van der Waals surface area contributed by atoms with E-state index in [0.717, 1.165) is 12.1 Å².